The van der Waals surface area contributed by atoms with Crippen LogP contribution in [0.4, 0.5) is 0 Å². The molecule has 1 heterocycles. The predicted octanol–water partition coefficient (Wildman–Crippen LogP) is 2.93. The van der Waals surface area contributed by atoms with E-state index in [0.29, 0.717) is 42.0 Å². The summed E-state index contributed by atoms with van der Waals surface area (Å²) in [5.74, 6) is 0.490. The first-order valence-electron chi connectivity index (χ1n) is 6.26. The normalized spacial score (nSPS) is 14.6. The van der Waals surface area contributed by atoms with Crippen LogP contribution in [0.1, 0.15) is 12.5 Å². The highest BCUT2D eigenvalue weighted by molar-refractivity contribution is 6.35. The molecular weight excluding hydrogens is 301 g/mol. The average molecular weight is 316 g/mol. The summed E-state index contributed by atoms with van der Waals surface area (Å²) in [6.45, 7) is 3.04. The van der Waals surface area contributed by atoms with Gasteiger partial charge in [0.05, 0.1) is 0 Å². The molecule has 0 aliphatic carbocycles. The van der Waals surface area contributed by atoms with Gasteiger partial charge in [0.1, 0.15) is 19.0 Å². The third kappa shape index (κ3) is 3.81. The first-order chi connectivity index (χ1) is 9.58. The molecule has 0 fully saturated rings. The van der Waals surface area contributed by atoms with Crippen LogP contribution in [-0.4, -0.2) is 25.7 Å². The van der Waals surface area contributed by atoms with Gasteiger partial charge < -0.3 is 14.8 Å². The molecule has 0 radical (unpaired) electrons. The van der Waals surface area contributed by atoms with Crippen LogP contribution in [0.5, 0.6) is 0 Å². The molecule has 20 heavy (non-hydrogen) atoms. The molecule has 0 saturated carbocycles. The molecule has 0 atom stereocenters. The molecule has 0 bridgehead atoms. The van der Waals surface area contributed by atoms with Crippen molar-refractivity contribution in [1.82, 2.24) is 5.32 Å². The van der Waals surface area contributed by atoms with Gasteiger partial charge in [-0.1, -0.05) is 29.3 Å². The quantitative estimate of drug-likeness (QED) is 0.929. The van der Waals surface area contributed by atoms with Crippen LogP contribution in [0, 0.1) is 0 Å². The zero-order valence-corrected chi connectivity index (χ0v) is 12.6. The van der Waals surface area contributed by atoms with Crippen molar-refractivity contribution < 1.29 is 14.3 Å². The lowest BCUT2D eigenvalue weighted by Gasteiger charge is -2.19. The van der Waals surface area contributed by atoms with Crippen molar-refractivity contribution in [1.29, 1.82) is 0 Å². The van der Waals surface area contributed by atoms with Gasteiger partial charge in [-0.25, -0.2) is 0 Å². The largest absolute Gasteiger partial charge is 0.491 e. The maximum Gasteiger partial charge on any atom is 0.289 e. The fraction of sp³-hybridized carbons (Fsp3) is 0.357. The average Bonchev–Trinajstić information content (AvgIpc) is 2.41. The molecule has 4 nitrogen and oxygen atoms in total. The third-order valence-corrected chi connectivity index (χ3v) is 3.46. The summed E-state index contributed by atoms with van der Waals surface area (Å²) in [4.78, 5) is 11.9. The van der Waals surface area contributed by atoms with Crippen molar-refractivity contribution >= 4 is 29.1 Å². The predicted molar refractivity (Wildman–Crippen MR) is 77.8 cm³/mol. The van der Waals surface area contributed by atoms with E-state index in [1.165, 1.54) is 0 Å². The van der Waals surface area contributed by atoms with Crippen LogP contribution >= 0.6 is 23.2 Å². The molecule has 1 aliphatic heterocycles. The Bertz CT molecular complexity index is 543. The van der Waals surface area contributed by atoms with Crippen LogP contribution in [0.15, 0.2) is 29.7 Å². The van der Waals surface area contributed by atoms with Gasteiger partial charge in [0.15, 0.2) is 0 Å². The van der Waals surface area contributed by atoms with Gasteiger partial charge in [-0.2, -0.15) is 0 Å². The monoisotopic (exact) mass is 315 g/mol. The molecule has 108 valence electrons. The van der Waals surface area contributed by atoms with E-state index in [1.807, 2.05) is 6.07 Å². The summed E-state index contributed by atoms with van der Waals surface area (Å²) >= 11 is 11.9. The minimum Gasteiger partial charge on any atom is -0.491 e. The fourth-order valence-electron chi connectivity index (χ4n) is 1.85. The zero-order chi connectivity index (χ0) is 14.5. The zero-order valence-electron chi connectivity index (χ0n) is 11.0. The first-order valence-corrected chi connectivity index (χ1v) is 7.02. The van der Waals surface area contributed by atoms with Crippen LogP contribution in [0.25, 0.3) is 0 Å². The summed E-state index contributed by atoms with van der Waals surface area (Å²) in [5.41, 5.74) is 0.933. The number of halogens is 2. The molecule has 0 saturated heterocycles. The SMILES string of the molecule is CC1=C(C(=O)NCCc2ccc(Cl)cc2Cl)OCCO1. The molecule has 1 aliphatic rings. The van der Waals surface area contributed by atoms with Crippen LogP contribution in [0.3, 0.4) is 0 Å². The molecule has 0 aromatic heterocycles. The molecule has 1 aromatic rings. The second-order valence-electron chi connectivity index (χ2n) is 4.32. The summed E-state index contributed by atoms with van der Waals surface area (Å²) in [5, 5.41) is 3.97. The summed E-state index contributed by atoms with van der Waals surface area (Å²) < 4.78 is 10.6. The van der Waals surface area contributed by atoms with Gasteiger partial charge in [-0.15, -0.1) is 0 Å². The van der Waals surface area contributed by atoms with E-state index in [4.69, 9.17) is 32.7 Å². The van der Waals surface area contributed by atoms with Gasteiger partial charge in [0.25, 0.3) is 5.91 Å². The Balaban J connectivity index is 1.88. The number of rotatable bonds is 4. The molecule has 0 spiro atoms. The van der Waals surface area contributed by atoms with E-state index in [1.54, 1.807) is 19.1 Å². The number of benzene rings is 1. The highest BCUT2D eigenvalue weighted by Crippen LogP contribution is 2.21. The fourth-order valence-corrected chi connectivity index (χ4v) is 2.35. The van der Waals surface area contributed by atoms with Crippen LogP contribution in [0.2, 0.25) is 10.0 Å². The Kier molecular flexibility index (Phi) is 5.15. The van der Waals surface area contributed by atoms with E-state index in [2.05, 4.69) is 5.32 Å². The van der Waals surface area contributed by atoms with E-state index in [9.17, 15) is 4.79 Å². The Hall–Kier alpha value is -1.39. The van der Waals surface area contributed by atoms with Crippen molar-refractivity contribution in [2.24, 2.45) is 0 Å². The molecular formula is C14H15Cl2NO3. The van der Waals surface area contributed by atoms with Crippen LogP contribution < -0.4 is 5.32 Å². The smallest absolute Gasteiger partial charge is 0.289 e. The highest BCUT2D eigenvalue weighted by atomic mass is 35.5. The lowest BCUT2D eigenvalue weighted by molar-refractivity contribution is -0.122. The van der Waals surface area contributed by atoms with E-state index in [-0.39, 0.29) is 11.7 Å². The van der Waals surface area contributed by atoms with Crippen molar-refractivity contribution in [2.75, 3.05) is 19.8 Å². The summed E-state index contributed by atoms with van der Waals surface area (Å²) in [6.07, 6.45) is 0.620. The van der Waals surface area contributed by atoms with E-state index >= 15 is 0 Å². The number of carbonyl (C=O) groups excluding carboxylic acids is 1. The second-order valence-corrected chi connectivity index (χ2v) is 5.17. The summed E-state index contributed by atoms with van der Waals surface area (Å²) in [6, 6.07) is 5.31. The number of nitrogens with one attached hydrogen (secondary N) is 1. The Labute approximate surface area is 127 Å². The maximum absolute atomic E-state index is 11.9. The molecule has 6 heteroatoms. The second kappa shape index (κ2) is 6.86. The topological polar surface area (TPSA) is 47.6 Å². The minimum absolute atomic E-state index is 0.249. The summed E-state index contributed by atoms with van der Waals surface area (Å²) in [7, 11) is 0. The van der Waals surface area contributed by atoms with Crippen molar-refractivity contribution in [3.63, 3.8) is 0 Å². The number of ether oxygens (including phenoxy) is 2. The minimum atomic E-state index is -0.271. The first kappa shape index (κ1) is 15.0. The van der Waals surface area contributed by atoms with Crippen molar-refractivity contribution in [3.05, 3.63) is 45.3 Å². The van der Waals surface area contributed by atoms with E-state index < -0.39 is 0 Å². The van der Waals surface area contributed by atoms with Crippen molar-refractivity contribution in [3.8, 4) is 0 Å². The van der Waals surface area contributed by atoms with Crippen molar-refractivity contribution in [2.45, 2.75) is 13.3 Å². The van der Waals surface area contributed by atoms with Gasteiger partial charge >= 0.3 is 0 Å². The number of hydrogen-bond donors (Lipinski definition) is 1. The molecule has 1 N–H and O–H groups in total. The number of carbonyl (C=O) groups is 1. The molecule has 1 aromatic carbocycles. The molecule has 0 unspecified atom stereocenters. The van der Waals surface area contributed by atoms with E-state index in [0.717, 1.165) is 5.56 Å². The highest BCUT2D eigenvalue weighted by Gasteiger charge is 2.19. The lowest BCUT2D eigenvalue weighted by atomic mass is 10.1. The Morgan fingerprint density at radius 3 is 2.75 bits per heavy atom. The van der Waals surface area contributed by atoms with Gasteiger partial charge in [-0.05, 0) is 31.0 Å². The molecule has 1 amide bonds. The molecule has 2 rings (SSSR count). The van der Waals surface area contributed by atoms with Gasteiger partial charge in [-0.3, -0.25) is 4.79 Å². The van der Waals surface area contributed by atoms with Gasteiger partial charge in [0, 0.05) is 16.6 Å². The number of amides is 1. The Morgan fingerprint density at radius 2 is 2.05 bits per heavy atom. The Morgan fingerprint density at radius 1 is 1.30 bits per heavy atom. The maximum atomic E-state index is 11.9. The lowest BCUT2D eigenvalue weighted by Crippen LogP contribution is -2.31. The van der Waals surface area contributed by atoms with Gasteiger partial charge in [0.2, 0.25) is 5.76 Å². The third-order valence-electron chi connectivity index (χ3n) is 2.87. The standard InChI is InChI=1S/C14H15Cl2NO3/c1-9-13(20-7-6-19-9)14(18)17-5-4-10-2-3-11(15)8-12(10)16/h2-3,8H,4-7H2,1H3,(H,17,18). The number of allylic oxidation sites excluding steroid dienone is 1. The number of hydrogen-bond acceptors (Lipinski definition) is 3. The van der Waals surface area contributed by atoms with Crippen LogP contribution in [-0.2, 0) is 20.7 Å².